The number of nitrogens with one attached hydrogen (secondary N) is 1. The first-order valence-corrected chi connectivity index (χ1v) is 7.53. The quantitative estimate of drug-likeness (QED) is 0.902. The van der Waals surface area contributed by atoms with Crippen molar-refractivity contribution in [1.82, 2.24) is 0 Å². The molecule has 0 heterocycles. The molecular weight excluding hydrogens is 288 g/mol. The van der Waals surface area contributed by atoms with E-state index in [1.165, 1.54) is 19.3 Å². The van der Waals surface area contributed by atoms with E-state index in [1.807, 2.05) is 12.1 Å². The SMILES string of the molecule is N#Cc1cc(Br)cc(NC2C3C4CCC(C4)C23)c1. The number of hydrogen-bond acceptors (Lipinski definition) is 2. The van der Waals surface area contributed by atoms with Crippen LogP contribution < -0.4 is 5.32 Å². The lowest BCUT2D eigenvalue weighted by atomic mass is 10.0. The largest absolute Gasteiger partial charge is 0.382 e. The van der Waals surface area contributed by atoms with Gasteiger partial charge in [0.05, 0.1) is 11.6 Å². The van der Waals surface area contributed by atoms with Gasteiger partial charge in [0.2, 0.25) is 0 Å². The minimum absolute atomic E-state index is 0.678. The fourth-order valence-corrected chi connectivity index (χ4v) is 4.94. The zero-order valence-electron chi connectivity index (χ0n) is 10.1. The van der Waals surface area contributed by atoms with Crippen molar-refractivity contribution in [1.29, 1.82) is 5.26 Å². The third-order valence-electron chi connectivity index (χ3n) is 5.10. The smallest absolute Gasteiger partial charge is 0.0992 e. The van der Waals surface area contributed by atoms with Crippen molar-refractivity contribution in [2.45, 2.75) is 25.3 Å². The average molecular weight is 303 g/mol. The number of nitriles is 1. The lowest BCUT2D eigenvalue weighted by Gasteiger charge is -2.12. The minimum Gasteiger partial charge on any atom is -0.382 e. The Hall–Kier alpha value is -1.01. The predicted molar refractivity (Wildman–Crippen MR) is 74.1 cm³/mol. The molecule has 3 heteroatoms. The highest BCUT2D eigenvalue weighted by Gasteiger charge is 2.64. The van der Waals surface area contributed by atoms with E-state index < -0.39 is 0 Å². The van der Waals surface area contributed by atoms with Crippen LogP contribution in [-0.2, 0) is 0 Å². The van der Waals surface area contributed by atoms with Crippen molar-refractivity contribution >= 4 is 21.6 Å². The average Bonchev–Trinajstić information content (AvgIpc) is 2.76. The molecule has 3 aliphatic rings. The topological polar surface area (TPSA) is 35.8 Å². The zero-order chi connectivity index (χ0) is 12.3. The molecule has 0 aliphatic heterocycles. The van der Waals surface area contributed by atoms with Gasteiger partial charge >= 0.3 is 0 Å². The van der Waals surface area contributed by atoms with E-state index in [2.05, 4.69) is 33.4 Å². The second-order valence-corrected chi connectivity index (χ2v) is 6.91. The molecule has 4 atom stereocenters. The Labute approximate surface area is 116 Å². The number of fused-ring (bicyclic) bond motifs is 5. The van der Waals surface area contributed by atoms with Gasteiger partial charge < -0.3 is 5.32 Å². The molecule has 2 bridgehead atoms. The summed E-state index contributed by atoms with van der Waals surface area (Å²) in [5, 5.41) is 12.6. The Morgan fingerprint density at radius 2 is 1.89 bits per heavy atom. The Morgan fingerprint density at radius 1 is 1.17 bits per heavy atom. The Balaban J connectivity index is 1.54. The summed E-state index contributed by atoms with van der Waals surface area (Å²) in [6.07, 6.45) is 4.38. The maximum atomic E-state index is 8.99. The first kappa shape index (κ1) is 10.9. The Bertz CT molecular complexity index is 532. The summed E-state index contributed by atoms with van der Waals surface area (Å²) in [5.41, 5.74) is 1.82. The monoisotopic (exact) mass is 302 g/mol. The second-order valence-electron chi connectivity index (χ2n) is 6.00. The van der Waals surface area contributed by atoms with Gasteiger partial charge in [-0.2, -0.15) is 5.26 Å². The van der Waals surface area contributed by atoms with Crippen LogP contribution in [0.15, 0.2) is 22.7 Å². The third-order valence-corrected chi connectivity index (χ3v) is 5.55. The van der Waals surface area contributed by atoms with Crippen molar-refractivity contribution < 1.29 is 0 Å². The standard InChI is InChI=1S/C15H15BrN2/c16-11-3-8(7-17)4-12(6-11)18-15-13-9-1-2-10(5-9)14(13)15/h3-4,6,9-10,13-15,18H,1-2,5H2. The first-order chi connectivity index (χ1) is 8.76. The normalized spacial score (nSPS) is 39.2. The van der Waals surface area contributed by atoms with Crippen LogP contribution in [0.2, 0.25) is 0 Å². The molecule has 4 rings (SSSR count). The number of nitrogens with zero attached hydrogens (tertiary/aromatic N) is 1. The molecule has 0 aromatic heterocycles. The molecule has 0 spiro atoms. The molecule has 3 saturated carbocycles. The highest BCUT2D eigenvalue weighted by atomic mass is 79.9. The van der Waals surface area contributed by atoms with Crippen molar-refractivity contribution in [3.05, 3.63) is 28.2 Å². The summed E-state index contributed by atoms with van der Waals surface area (Å²) < 4.78 is 0.984. The summed E-state index contributed by atoms with van der Waals surface area (Å²) >= 11 is 3.47. The van der Waals surface area contributed by atoms with Crippen LogP contribution in [-0.4, -0.2) is 6.04 Å². The predicted octanol–water partition coefficient (Wildman–Crippen LogP) is 3.78. The van der Waals surface area contributed by atoms with E-state index in [1.54, 1.807) is 0 Å². The number of anilines is 1. The summed E-state index contributed by atoms with van der Waals surface area (Å²) in [5.74, 6) is 3.82. The molecule has 4 unspecified atom stereocenters. The molecule has 0 saturated heterocycles. The van der Waals surface area contributed by atoms with Crippen LogP contribution in [0.25, 0.3) is 0 Å². The summed E-state index contributed by atoms with van der Waals surface area (Å²) in [6, 6.07) is 8.79. The summed E-state index contributed by atoms with van der Waals surface area (Å²) in [4.78, 5) is 0. The van der Waals surface area contributed by atoms with Gasteiger partial charge in [0, 0.05) is 16.2 Å². The summed E-state index contributed by atoms with van der Waals surface area (Å²) in [6.45, 7) is 0. The lowest BCUT2D eigenvalue weighted by molar-refractivity contribution is 0.456. The number of hydrogen-bond donors (Lipinski definition) is 1. The molecule has 3 aliphatic carbocycles. The molecule has 1 aromatic rings. The lowest BCUT2D eigenvalue weighted by Crippen LogP contribution is -2.12. The van der Waals surface area contributed by atoms with E-state index in [0.29, 0.717) is 6.04 Å². The van der Waals surface area contributed by atoms with Crippen LogP contribution in [0.4, 0.5) is 5.69 Å². The van der Waals surface area contributed by atoms with Gasteiger partial charge in [0.1, 0.15) is 0 Å². The molecule has 0 radical (unpaired) electrons. The van der Waals surface area contributed by atoms with Crippen LogP contribution in [0, 0.1) is 35.0 Å². The molecule has 0 amide bonds. The molecular formula is C15H15BrN2. The second kappa shape index (κ2) is 3.74. The third kappa shape index (κ3) is 1.52. The maximum Gasteiger partial charge on any atom is 0.0992 e. The highest BCUT2D eigenvalue weighted by molar-refractivity contribution is 9.10. The maximum absolute atomic E-state index is 8.99. The van der Waals surface area contributed by atoms with Gasteiger partial charge in [-0.15, -0.1) is 0 Å². The first-order valence-electron chi connectivity index (χ1n) is 6.73. The van der Waals surface area contributed by atoms with Crippen molar-refractivity contribution in [3.63, 3.8) is 0 Å². The fraction of sp³-hybridized carbons (Fsp3) is 0.533. The van der Waals surface area contributed by atoms with Crippen LogP contribution >= 0.6 is 15.9 Å². The van der Waals surface area contributed by atoms with Crippen LogP contribution in [0.3, 0.4) is 0 Å². The van der Waals surface area contributed by atoms with E-state index in [0.717, 1.165) is 39.4 Å². The molecule has 3 fully saturated rings. The van der Waals surface area contributed by atoms with Gasteiger partial charge in [-0.3, -0.25) is 0 Å². The van der Waals surface area contributed by atoms with Gasteiger partial charge in [0.25, 0.3) is 0 Å². The van der Waals surface area contributed by atoms with E-state index in [4.69, 9.17) is 5.26 Å². The van der Waals surface area contributed by atoms with Crippen LogP contribution in [0.1, 0.15) is 24.8 Å². The highest BCUT2D eigenvalue weighted by Crippen LogP contribution is 2.66. The van der Waals surface area contributed by atoms with Gasteiger partial charge in [-0.1, -0.05) is 15.9 Å². The fourth-order valence-electron chi connectivity index (χ4n) is 4.45. The van der Waals surface area contributed by atoms with Crippen molar-refractivity contribution in [2.24, 2.45) is 23.7 Å². The van der Waals surface area contributed by atoms with Crippen molar-refractivity contribution in [2.75, 3.05) is 5.32 Å². The number of rotatable bonds is 2. The minimum atomic E-state index is 0.678. The summed E-state index contributed by atoms with van der Waals surface area (Å²) in [7, 11) is 0. The molecule has 92 valence electrons. The van der Waals surface area contributed by atoms with Gasteiger partial charge in [-0.25, -0.2) is 0 Å². The molecule has 1 aromatic carbocycles. The van der Waals surface area contributed by atoms with E-state index in [-0.39, 0.29) is 0 Å². The molecule has 2 nitrogen and oxygen atoms in total. The van der Waals surface area contributed by atoms with E-state index in [9.17, 15) is 0 Å². The Kier molecular flexibility index (Phi) is 2.26. The van der Waals surface area contributed by atoms with Gasteiger partial charge in [-0.05, 0) is 61.1 Å². The van der Waals surface area contributed by atoms with Gasteiger partial charge in [0.15, 0.2) is 0 Å². The zero-order valence-corrected chi connectivity index (χ0v) is 11.7. The van der Waals surface area contributed by atoms with Crippen molar-refractivity contribution in [3.8, 4) is 6.07 Å². The molecule has 18 heavy (non-hydrogen) atoms. The Morgan fingerprint density at radius 3 is 2.56 bits per heavy atom. The number of benzene rings is 1. The molecule has 1 N–H and O–H groups in total. The van der Waals surface area contributed by atoms with E-state index >= 15 is 0 Å². The number of halogens is 1. The van der Waals surface area contributed by atoms with Crippen LogP contribution in [0.5, 0.6) is 0 Å².